The van der Waals surface area contributed by atoms with E-state index < -0.39 is 17.9 Å². The number of rotatable bonds is 9. The number of carbonyl (C=O) groups is 2. The molecule has 3 heterocycles. The van der Waals surface area contributed by atoms with Gasteiger partial charge in [0.2, 0.25) is 0 Å². The first-order valence-electron chi connectivity index (χ1n) is 11.8. The van der Waals surface area contributed by atoms with Crippen LogP contribution < -0.4 is 10.6 Å². The summed E-state index contributed by atoms with van der Waals surface area (Å²) in [5.41, 5.74) is 5.55. The molecule has 35 heavy (non-hydrogen) atoms. The van der Waals surface area contributed by atoms with E-state index >= 15 is 0 Å². The molecule has 9 nitrogen and oxygen atoms in total. The Labute approximate surface area is 204 Å². The van der Waals surface area contributed by atoms with Crippen LogP contribution in [0.25, 0.3) is 0 Å². The molecule has 2 aromatic heterocycles. The van der Waals surface area contributed by atoms with Crippen LogP contribution in [0.3, 0.4) is 0 Å². The third kappa shape index (κ3) is 5.68. The van der Waals surface area contributed by atoms with Crippen LogP contribution in [0.2, 0.25) is 0 Å². The molecule has 1 amide bonds. The molecule has 0 radical (unpaired) electrons. The van der Waals surface area contributed by atoms with Gasteiger partial charge in [-0.25, -0.2) is 4.98 Å². The maximum atomic E-state index is 13.1. The Kier molecular flexibility index (Phi) is 7.45. The van der Waals surface area contributed by atoms with Crippen molar-refractivity contribution in [2.24, 2.45) is 0 Å². The molecule has 0 saturated heterocycles. The zero-order valence-electron chi connectivity index (χ0n) is 20.0. The molecule has 0 saturated carbocycles. The average Bonchev–Trinajstić information content (AvgIpc) is 3.26. The number of aliphatic hydroxyl groups excluding tert-OH is 1. The fourth-order valence-corrected chi connectivity index (χ4v) is 4.33. The van der Waals surface area contributed by atoms with E-state index in [1.54, 1.807) is 4.68 Å². The van der Waals surface area contributed by atoms with Crippen molar-refractivity contribution < 1.29 is 19.8 Å². The quantitative estimate of drug-likeness (QED) is 0.373. The van der Waals surface area contributed by atoms with Crippen molar-refractivity contribution in [1.29, 1.82) is 0 Å². The number of aliphatic hydroxyl groups is 1. The molecule has 1 atom stereocenters. The normalized spacial score (nSPS) is 13.6. The number of nitrogens with zero attached hydrogens (tertiary/aromatic N) is 3. The summed E-state index contributed by atoms with van der Waals surface area (Å²) in [6, 6.07) is 9.01. The molecule has 0 aliphatic carbocycles. The van der Waals surface area contributed by atoms with E-state index in [0.717, 1.165) is 42.0 Å². The summed E-state index contributed by atoms with van der Waals surface area (Å²) < 4.78 is 1.60. The number of carbonyl (C=O) groups excluding carboxylic acids is 1. The first-order valence-corrected chi connectivity index (χ1v) is 11.8. The van der Waals surface area contributed by atoms with Crippen molar-refractivity contribution in [1.82, 2.24) is 20.1 Å². The van der Waals surface area contributed by atoms with Gasteiger partial charge >= 0.3 is 5.97 Å². The van der Waals surface area contributed by atoms with E-state index in [9.17, 15) is 19.8 Å². The summed E-state index contributed by atoms with van der Waals surface area (Å²) in [5.74, 6) is -0.563. The highest BCUT2D eigenvalue weighted by molar-refractivity contribution is 5.95. The summed E-state index contributed by atoms with van der Waals surface area (Å²) in [6.45, 7) is 4.92. The zero-order chi connectivity index (χ0) is 24.9. The molecule has 1 aliphatic rings. The number of aliphatic carboxylic acids is 1. The lowest BCUT2D eigenvalue weighted by Gasteiger charge is -2.19. The lowest BCUT2D eigenvalue weighted by molar-refractivity contribution is -0.137. The van der Waals surface area contributed by atoms with E-state index in [0.29, 0.717) is 24.2 Å². The molecule has 1 unspecified atom stereocenters. The number of aryl methyl sites for hydroxylation is 5. The number of benzene rings is 1. The molecule has 3 aromatic rings. The third-order valence-electron chi connectivity index (χ3n) is 6.49. The van der Waals surface area contributed by atoms with Crippen molar-refractivity contribution in [3.63, 3.8) is 0 Å². The molecule has 0 spiro atoms. The van der Waals surface area contributed by atoms with Gasteiger partial charge in [-0.15, -0.1) is 0 Å². The summed E-state index contributed by atoms with van der Waals surface area (Å²) in [4.78, 5) is 29.3. The van der Waals surface area contributed by atoms with E-state index in [2.05, 4.69) is 26.8 Å². The first kappa shape index (κ1) is 24.4. The monoisotopic (exact) mass is 477 g/mol. The van der Waals surface area contributed by atoms with Gasteiger partial charge in [0.25, 0.3) is 5.91 Å². The lowest BCUT2D eigenvalue weighted by Crippen LogP contribution is -2.31. The van der Waals surface area contributed by atoms with Gasteiger partial charge in [-0.05, 0) is 55.0 Å². The number of carboxylic acid groups (broad SMARTS) is 1. The van der Waals surface area contributed by atoms with E-state index in [1.807, 2.05) is 38.1 Å². The Hall–Kier alpha value is -3.72. The molecule has 4 rings (SSSR count). The fraction of sp³-hybridized carbons (Fsp3) is 0.385. The minimum absolute atomic E-state index is 0.229. The maximum absolute atomic E-state index is 13.1. The van der Waals surface area contributed by atoms with Crippen LogP contribution in [0.15, 0.2) is 36.5 Å². The minimum Gasteiger partial charge on any atom is -0.481 e. The topological polar surface area (TPSA) is 129 Å². The van der Waals surface area contributed by atoms with E-state index in [4.69, 9.17) is 0 Å². The highest BCUT2D eigenvalue weighted by atomic mass is 16.4. The largest absolute Gasteiger partial charge is 0.481 e. The highest BCUT2D eigenvalue weighted by Crippen LogP contribution is 2.22. The molecule has 0 bridgehead atoms. The number of hydrogen-bond acceptors (Lipinski definition) is 6. The van der Waals surface area contributed by atoms with Gasteiger partial charge in [0, 0.05) is 25.2 Å². The summed E-state index contributed by atoms with van der Waals surface area (Å²) >= 11 is 0. The smallest absolute Gasteiger partial charge is 0.305 e. The number of anilines is 1. The molecule has 1 aromatic carbocycles. The van der Waals surface area contributed by atoms with Crippen LogP contribution >= 0.6 is 0 Å². The molecular formula is C26H31N5O4. The molecule has 184 valence electrons. The number of hydrogen-bond donors (Lipinski definition) is 4. The van der Waals surface area contributed by atoms with Gasteiger partial charge in [-0.2, -0.15) is 5.10 Å². The standard InChI is InChI=1S/C26H31N5O4/c1-16-5-6-19(12-17(16)2)22(13-24(33)34)30-26(35)21-14-28-31(23(21)15-32)11-9-20-8-7-18-4-3-10-27-25(18)29-20/h5-8,12,14,22,32H,3-4,9-11,13,15H2,1-2H3,(H,27,29)(H,30,35)(H,33,34). The van der Waals surface area contributed by atoms with Gasteiger partial charge < -0.3 is 20.8 Å². The molecule has 0 fully saturated rings. The fourth-order valence-electron chi connectivity index (χ4n) is 4.33. The van der Waals surface area contributed by atoms with Gasteiger partial charge in [0.1, 0.15) is 5.82 Å². The number of carboxylic acids is 1. The number of aromatic nitrogens is 3. The van der Waals surface area contributed by atoms with Crippen molar-refractivity contribution in [2.45, 2.75) is 58.7 Å². The maximum Gasteiger partial charge on any atom is 0.305 e. The molecule has 9 heteroatoms. The molecule has 4 N–H and O–H groups in total. The Morgan fingerprint density at radius 1 is 1.20 bits per heavy atom. The van der Waals surface area contributed by atoms with Gasteiger partial charge in [-0.3, -0.25) is 14.3 Å². The van der Waals surface area contributed by atoms with Crippen LogP contribution in [-0.2, 0) is 30.8 Å². The Bertz CT molecular complexity index is 1240. The van der Waals surface area contributed by atoms with Crippen molar-refractivity contribution >= 4 is 17.7 Å². The predicted molar refractivity (Wildman–Crippen MR) is 131 cm³/mol. The van der Waals surface area contributed by atoms with Crippen LogP contribution in [0.1, 0.15) is 62.9 Å². The number of amides is 1. The van der Waals surface area contributed by atoms with Crippen molar-refractivity contribution in [3.8, 4) is 0 Å². The second kappa shape index (κ2) is 10.7. The van der Waals surface area contributed by atoms with Gasteiger partial charge in [-0.1, -0.05) is 24.3 Å². The van der Waals surface area contributed by atoms with Crippen molar-refractivity contribution in [3.05, 3.63) is 75.7 Å². The van der Waals surface area contributed by atoms with Crippen LogP contribution in [0.5, 0.6) is 0 Å². The minimum atomic E-state index is -1.02. The Morgan fingerprint density at radius 2 is 2.03 bits per heavy atom. The second-order valence-corrected chi connectivity index (χ2v) is 8.94. The Morgan fingerprint density at radius 3 is 2.77 bits per heavy atom. The molecule has 1 aliphatic heterocycles. The zero-order valence-corrected chi connectivity index (χ0v) is 20.0. The van der Waals surface area contributed by atoms with Crippen LogP contribution in [-0.4, -0.2) is 43.4 Å². The Balaban J connectivity index is 1.49. The number of fused-ring (bicyclic) bond motifs is 1. The first-order chi connectivity index (χ1) is 16.9. The van der Waals surface area contributed by atoms with E-state index in [-0.39, 0.29) is 18.6 Å². The van der Waals surface area contributed by atoms with Crippen LogP contribution in [0.4, 0.5) is 5.82 Å². The molecular weight excluding hydrogens is 446 g/mol. The average molecular weight is 478 g/mol. The van der Waals surface area contributed by atoms with Crippen LogP contribution in [0, 0.1) is 13.8 Å². The van der Waals surface area contributed by atoms with Gasteiger partial charge in [0.05, 0.1) is 36.5 Å². The predicted octanol–water partition coefficient (Wildman–Crippen LogP) is 2.93. The third-order valence-corrected chi connectivity index (χ3v) is 6.49. The van der Waals surface area contributed by atoms with Crippen molar-refractivity contribution in [2.75, 3.05) is 11.9 Å². The highest BCUT2D eigenvalue weighted by Gasteiger charge is 2.23. The SMILES string of the molecule is Cc1ccc(C(CC(=O)O)NC(=O)c2cnn(CCc3ccc4c(n3)NCCC4)c2CO)cc1C. The number of nitrogens with one attached hydrogen (secondary N) is 2. The van der Waals surface area contributed by atoms with E-state index in [1.165, 1.54) is 11.8 Å². The van der Waals surface area contributed by atoms with Gasteiger partial charge in [0.15, 0.2) is 0 Å². The lowest BCUT2D eigenvalue weighted by atomic mass is 9.98. The summed E-state index contributed by atoms with van der Waals surface area (Å²) in [7, 11) is 0. The second-order valence-electron chi connectivity index (χ2n) is 8.94. The number of pyridine rings is 1. The summed E-state index contributed by atoms with van der Waals surface area (Å²) in [5, 5.41) is 29.8. The summed E-state index contributed by atoms with van der Waals surface area (Å²) in [6.07, 6.45) is 3.88.